The van der Waals surface area contributed by atoms with Crippen molar-refractivity contribution in [2.24, 2.45) is 5.92 Å². The van der Waals surface area contributed by atoms with Gasteiger partial charge in [-0.25, -0.2) is 14.2 Å². The summed E-state index contributed by atoms with van der Waals surface area (Å²) in [6, 6.07) is 15.3. The molecule has 1 aromatic heterocycles. The molecule has 0 radical (unpaired) electrons. The number of nitrogens with zero attached hydrogens (tertiary/aromatic N) is 3. The van der Waals surface area contributed by atoms with Crippen molar-refractivity contribution in [1.82, 2.24) is 14.5 Å². The van der Waals surface area contributed by atoms with E-state index in [0.29, 0.717) is 40.8 Å². The molecule has 4 aliphatic rings. The second-order valence-electron chi connectivity index (χ2n) is 11.6. The number of hydrogen-bond donors (Lipinski definition) is 2. The van der Waals surface area contributed by atoms with E-state index in [9.17, 15) is 14.7 Å². The number of halogens is 3. The van der Waals surface area contributed by atoms with Crippen LogP contribution in [0.5, 0.6) is 0 Å². The predicted molar refractivity (Wildman–Crippen MR) is 153 cm³/mol. The van der Waals surface area contributed by atoms with Crippen LogP contribution < -0.4 is 5.32 Å². The molecule has 0 unspecified atom stereocenters. The Morgan fingerprint density at radius 2 is 1.95 bits per heavy atom. The zero-order chi connectivity index (χ0) is 28.2. The number of anilines is 1. The number of carboxylic acid groups (broad SMARTS) is 1. The average molecular weight is 591 g/mol. The minimum absolute atomic E-state index is 0.00000926. The monoisotopic (exact) mass is 590 g/mol. The maximum absolute atomic E-state index is 16.1. The van der Waals surface area contributed by atoms with Gasteiger partial charge in [0.05, 0.1) is 21.6 Å². The molecule has 1 saturated heterocycles. The van der Waals surface area contributed by atoms with Crippen LogP contribution in [0.3, 0.4) is 0 Å². The third kappa shape index (κ3) is 3.44. The average Bonchev–Trinajstić information content (AvgIpc) is 3.53. The van der Waals surface area contributed by atoms with Crippen molar-refractivity contribution in [3.8, 4) is 0 Å². The van der Waals surface area contributed by atoms with Crippen LogP contribution in [-0.2, 0) is 16.9 Å². The Morgan fingerprint density at radius 3 is 2.73 bits per heavy atom. The van der Waals surface area contributed by atoms with Crippen LogP contribution >= 0.6 is 23.2 Å². The maximum Gasteiger partial charge on any atom is 0.335 e. The highest BCUT2D eigenvalue weighted by molar-refractivity contribution is 6.31. The Hall–Kier alpha value is -3.46. The van der Waals surface area contributed by atoms with E-state index in [0.717, 1.165) is 36.2 Å². The highest BCUT2D eigenvalue weighted by atomic mass is 35.5. The molecule has 41 heavy (non-hydrogen) atoms. The summed E-state index contributed by atoms with van der Waals surface area (Å²) < 4.78 is 18.3. The summed E-state index contributed by atoms with van der Waals surface area (Å²) >= 11 is 12.7. The van der Waals surface area contributed by atoms with Crippen LogP contribution in [0, 0.1) is 11.7 Å². The van der Waals surface area contributed by atoms with Crippen LogP contribution in [0.1, 0.15) is 58.4 Å². The van der Waals surface area contributed by atoms with E-state index in [1.165, 1.54) is 6.07 Å². The number of amides is 1. The molecule has 2 N–H and O–H groups in total. The Kier molecular flexibility index (Phi) is 5.40. The maximum atomic E-state index is 16.1. The number of carbonyl (C=O) groups is 2. The molecule has 4 aromatic rings. The molecule has 1 aliphatic carbocycles. The third-order valence-electron chi connectivity index (χ3n) is 9.50. The fourth-order valence-corrected chi connectivity index (χ4v) is 8.08. The Bertz CT molecular complexity index is 1800. The van der Waals surface area contributed by atoms with Crippen molar-refractivity contribution in [3.05, 3.63) is 93.0 Å². The molecule has 4 heterocycles. The van der Waals surface area contributed by atoms with Crippen molar-refractivity contribution < 1.29 is 19.1 Å². The van der Waals surface area contributed by atoms with Crippen LogP contribution in [-0.4, -0.2) is 44.0 Å². The quantitative estimate of drug-likeness (QED) is 0.287. The van der Waals surface area contributed by atoms with E-state index >= 15 is 4.39 Å². The molecule has 10 heteroatoms. The van der Waals surface area contributed by atoms with Gasteiger partial charge in [-0.15, -0.1) is 0 Å². The lowest BCUT2D eigenvalue weighted by molar-refractivity contribution is -0.128. The lowest BCUT2D eigenvalue weighted by Gasteiger charge is -2.40. The summed E-state index contributed by atoms with van der Waals surface area (Å²) in [4.78, 5) is 33.5. The first-order valence-electron chi connectivity index (χ1n) is 13.8. The summed E-state index contributed by atoms with van der Waals surface area (Å²) in [5, 5.41) is 13.2. The van der Waals surface area contributed by atoms with Crippen molar-refractivity contribution in [2.75, 3.05) is 11.9 Å². The molecule has 8 rings (SSSR count). The SMILES string of the molecule is O=C(O)c1ccc2c(c1)nc1n2CC[C@@H]2[C@H]1[C@@H](c1cccc(Cl)c1F)[C@@]1(C(=O)Nc3cc(Cl)ccc31)N2CC1CC1. The van der Waals surface area contributed by atoms with Crippen molar-refractivity contribution >= 4 is 51.8 Å². The second kappa shape index (κ2) is 8.77. The number of hydrogen-bond acceptors (Lipinski definition) is 4. The molecule has 3 aromatic carbocycles. The number of carbonyl (C=O) groups excluding carboxylic acids is 1. The Morgan fingerprint density at radius 1 is 1.12 bits per heavy atom. The van der Waals surface area contributed by atoms with E-state index in [-0.39, 0.29) is 28.5 Å². The van der Waals surface area contributed by atoms with Gasteiger partial charge < -0.3 is 15.0 Å². The van der Waals surface area contributed by atoms with E-state index in [4.69, 9.17) is 28.2 Å². The molecule has 3 aliphatic heterocycles. The van der Waals surface area contributed by atoms with Crippen molar-refractivity contribution in [1.29, 1.82) is 0 Å². The van der Waals surface area contributed by atoms with Gasteiger partial charge in [0.25, 0.3) is 0 Å². The van der Waals surface area contributed by atoms with E-state index in [1.807, 2.05) is 6.07 Å². The largest absolute Gasteiger partial charge is 0.478 e. The standard InChI is InChI=1S/C31H25Cl2FN4O3/c32-17-7-8-19-21(13-17)36-30(41)31(19)26(18-2-1-3-20(33)27(18)34)25-24(38(31)14-15-4-5-15)10-11-37-23-9-6-16(29(39)40)12-22(23)35-28(25)37/h1-3,6-9,12-13,15,24-26H,4-5,10-11,14H2,(H,36,41)(H,39,40)/t24-,25+,26-,31+/m1/s1. The van der Waals surface area contributed by atoms with Crippen molar-refractivity contribution in [2.45, 2.75) is 49.2 Å². The van der Waals surface area contributed by atoms with Gasteiger partial charge in [-0.1, -0.05) is 41.4 Å². The number of benzene rings is 3. The normalized spacial score (nSPS) is 26.7. The molecule has 0 bridgehead atoms. The van der Waals surface area contributed by atoms with Gasteiger partial charge in [-0.05, 0) is 67.1 Å². The first-order valence-corrected chi connectivity index (χ1v) is 14.6. The summed E-state index contributed by atoms with van der Waals surface area (Å²) in [7, 11) is 0. The summed E-state index contributed by atoms with van der Waals surface area (Å²) in [6.07, 6.45) is 2.91. The van der Waals surface area contributed by atoms with Gasteiger partial charge in [0, 0.05) is 47.2 Å². The number of nitrogens with one attached hydrogen (secondary N) is 1. The smallest absolute Gasteiger partial charge is 0.335 e. The van der Waals surface area contributed by atoms with E-state index in [1.54, 1.807) is 42.5 Å². The van der Waals surface area contributed by atoms with Gasteiger partial charge in [0.1, 0.15) is 17.2 Å². The van der Waals surface area contributed by atoms with Gasteiger partial charge in [0.15, 0.2) is 0 Å². The van der Waals surface area contributed by atoms with Crippen LogP contribution in [0.25, 0.3) is 11.0 Å². The number of imidazole rings is 1. The van der Waals surface area contributed by atoms with Crippen LogP contribution in [0.4, 0.5) is 10.1 Å². The number of likely N-dealkylation sites (tertiary alicyclic amines) is 1. The molecule has 7 nitrogen and oxygen atoms in total. The van der Waals surface area contributed by atoms with Gasteiger partial charge in [-0.2, -0.15) is 0 Å². The first kappa shape index (κ1) is 25.3. The molecule has 1 spiro atoms. The summed E-state index contributed by atoms with van der Waals surface area (Å²) in [5.41, 5.74) is 2.13. The Balaban J connectivity index is 1.43. The summed E-state index contributed by atoms with van der Waals surface area (Å²) in [6.45, 7) is 1.36. The number of carboxylic acids is 1. The van der Waals surface area contributed by atoms with Crippen molar-refractivity contribution in [3.63, 3.8) is 0 Å². The van der Waals surface area contributed by atoms with Gasteiger partial charge in [0.2, 0.25) is 5.91 Å². The number of fused-ring (bicyclic) bond motifs is 7. The van der Waals surface area contributed by atoms with Crippen LogP contribution in [0.15, 0.2) is 54.6 Å². The number of aromatic nitrogens is 2. The highest BCUT2D eigenvalue weighted by Gasteiger charge is 2.69. The molecule has 2 fully saturated rings. The first-order chi connectivity index (χ1) is 19.8. The lowest BCUT2D eigenvalue weighted by Crippen LogP contribution is -2.53. The molecular formula is C31H25Cl2FN4O3. The molecule has 1 amide bonds. The van der Waals surface area contributed by atoms with Gasteiger partial charge in [-0.3, -0.25) is 9.69 Å². The number of aryl methyl sites for hydroxylation is 1. The zero-order valence-corrected chi connectivity index (χ0v) is 23.3. The van der Waals surface area contributed by atoms with Crippen LogP contribution in [0.2, 0.25) is 10.0 Å². The minimum atomic E-state index is -1.21. The fourth-order valence-electron chi connectivity index (χ4n) is 7.73. The lowest BCUT2D eigenvalue weighted by atomic mass is 9.70. The fraction of sp³-hybridized carbons (Fsp3) is 0.323. The highest BCUT2D eigenvalue weighted by Crippen LogP contribution is 2.64. The second-order valence-corrected chi connectivity index (χ2v) is 12.5. The number of aromatic carboxylic acids is 1. The molecular weight excluding hydrogens is 566 g/mol. The molecule has 1 saturated carbocycles. The molecule has 208 valence electrons. The predicted octanol–water partition coefficient (Wildman–Crippen LogP) is 6.39. The van der Waals surface area contributed by atoms with Gasteiger partial charge >= 0.3 is 5.97 Å². The topological polar surface area (TPSA) is 87.5 Å². The molecule has 4 atom stereocenters. The Labute approximate surface area is 244 Å². The summed E-state index contributed by atoms with van der Waals surface area (Å²) in [5.74, 6) is -1.59. The van der Waals surface area contributed by atoms with E-state index < -0.39 is 23.2 Å². The number of rotatable bonds is 4. The zero-order valence-electron chi connectivity index (χ0n) is 21.8. The minimum Gasteiger partial charge on any atom is -0.478 e. The third-order valence-corrected chi connectivity index (χ3v) is 10.0. The van der Waals surface area contributed by atoms with E-state index in [2.05, 4.69) is 14.8 Å².